The molecular weight excluding hydrogens is 260 g/mol. The predicted molar refractivity (Wildman–Crippen MR) is 88.8 cm³/mol. The summed E-state index contributed by atoms with van der Waals surface area (Å²) >= 11 is 0. The number of carbonyl (C=O) groups is 1. The first kappa shape index (κ1) is 15.9. The molecule has 1 aliphatic rings. The predicted octanol–water partition coefficient (Wildman–Crippen LogP) is 4.13. The van der Waals surface area contributed by atoms with Crippen molar-refractivity contribution in [3.8, 4) is 0 Å². The summed E-state index contributed by atoms with van der Waals surface area (Å²) in [4.78, 5) is 12.7. The van der Waals surface area contributed by atoms with Crippen LogP contribution in [0.5, 0.6) is 0 Å². The second-order valence-electron chi connectivity index (χ2n) is 6.88. The highest BCUT2D eigenvalue weighted by Crippen LogP contribution is 2.37. The smallest absolute Gasteiger partial charge is 0.253 e. The van der Waals surface area contributed by atoms with E-state index in [1.165, 1.54) is 12.8 Å². The summed E-state index contributed by atoms with van der Waals surface area (Å²) in [5.74, 6) is 0.0530. The average molecular weight is 288 g/mol. The molecule has 1 unspecified atom stereocenters. The fraction of sp³-hybridized carbons (Fsp3) is 0.611. The van der Waals surface area contributed by atoms with Gasteiger partial charge in [0.05, 0.1) is 5.56 Å². The lowest BCUT2D eigenvalue weighted by Crippen LogP contribution is -2.41. The summed E-state index contributed by atoms with van der Waals surface area (Å²) in [5.41, 5.74) is 3.03. The van der Waals surface area contributed by atoms with Crippen molar-refractivity contribution < 1.29 is 4.79 Å². The maximum absolute atomic E-state index is 12.7. The maximum Gasteiger partial charge on any atom is 0.253 e. The van der Waals surface area contributed by atoms with E-state index in [4.69, 9.17) is 0 Å². The molecule has 116 valence electrons. The summed E-state index contributed by atoms with van der Waals surface area (Å²) in [6, 6.07) is 6.33. The normalized spacial score (nSPS) is 20.3. The SMILES string of the molecule is CCCNc1ccc(C)cc1C(=O)NC1CCCC1(C)C. The van der Waals surface area contributed by atoms with Crippen molar-refractivity contribution in [2.75, 3.05) is 11.9 Å². The van der Waals surface area contributed by atoms with E-state index in [-0.39, 0.29) is 17.4 Å². The van der Waals surface area contributed by atoms with Gasteiger partial charge in [-0.1, -0.05) is 38.8 Å². The molecule has 1 aromatic rings. The van der Waals surface area contributed by atoms with Crippen LogP contribution in [0.3, 0.4) is 0 Å². The second kappa shape index (κ2) is 6.50. The van der Waals surface area contributed by atoms with E-state index < -0.39 is 0 Å². The Hall–Kier alpha value is -1.51. The van der Waals surface area contributed by atoms with E-state index in [2.05, 4.69) is 31.4 Å². The van der Waals surface area contributed by atoms with Gasteiger partial charge in [-0.05, 0) is 43.7 Å². The Labute approximate surface area is 128 Å². The third-order valence-electron chi connectivity index (χ3n) is 4.55. The molecule has 1 amide bonds. The van der Waals surface area contributed by atoms with Gasteiger partial charge in [0.25, 0.3) is 5.91 Å². The Morgan fingerprint density at radius 3 is 2.76 bits per heavy atom. The molecule has 0 aromatic heterocycles. The molecule has 0 bridgehead atoms. The van der Waals surface area contributed by atoms with Crippen molar-refractivity contribution in [2.45, 2.75) is 59.4 Å². The molecule has 3 nitrogen and oxygen atoms in total. The molecule has 2 N–H and O–H groups in total. The molecule has 1 atom stereocenters. The zero-order valence-corrected chi connectivity index (χ0v) is 13.8. The molecule has 1 fully saturated rings. The van der Waals surface area contributed by atoms with E-state index in [0.29, 0.717) is 0 Å². The van der Waals surface area contributed by atoms with Crippen molar-refractivity contribution in [1.29, 1.82) is 0 Å². The Balaban J connectivity index is 2.16. The minimum absolute atomic E-state index is 0.0530. The molecule has 0 spiro atoms. The quantitative estimate of drug-likeness (QED) is 0.855. The van der Waals surface area contributed by atoms with Gasteiger partial charge in [0.2, 0.25) is 0 Å². The van der Waals surface area contributed by atoms with Gasteiger partial charge in [-0.25, -0.2) is 0 Å². The van der Waals surface area contributed by atoms with Crippen LogP contribution in [0.4, 0.5) is 5.69 Å². The van der Waals surface area contributed by atoms with Crippen LogP contribution in [-0.2, 0) is 0 Å². The number of hydrogen-bond donors (Lipinski definition) is 2. The molecule has 3 heteroatoms. The van der Waals surface area contributed by atoms with Crippen LogP contribution in [0.2, 0.25) is 0 Å². The first-order chi connectivity index (χ1) is 9.94. The summed E-state index contributed by atoms with van der Waals surface area (Å²) < 4.78 is 0. The molecule has 0 heterocycles. The van der Waals surface area contributed by atoms with Gasteiger partial charge in [0, 0.05) is 18.3 Å². The van der Waals surface area contributed by atoms with Crippen molar-refractivity contribution in [3.05, 3.63) is 29.3 Å². The van der Waals surface area contributed by atoms with Crippen LogP contribution in [0, 0.1) is 12.3 Å². The van der Waals surface area contributed by atoms with Gasteiger partial charge in [-0.3, -0.25) is 4.79 Å². The van der Waals surface area contributed by atoms with E-state index in [9.17, 15) is 4.79 Å². The molecule has 0 saturated heterocycles. The molecular formula is C18H28N2O. The average Bonchev–Trinajstić information content (AvgIpc) is 2.76. The third kappa shape index (κ3) is 3.78. The number of carbonyl (C=O) groups excluding carboxylic acids is 1. The van der Waals surface area contributed by atoms with Crippen LogP contribution >= 0.6 is 0 Å². The van der Waals surface area contributed by atoms with Gasteiger partial charge in [-0.15, -0.1) is 0 Å². The van der Waals surface area contributed by atoms with Crippen LogP contribution < -0.4 is 10.6 Å². The lowest BCUT2D eigenvalue weighted by atomic mass is 9.87. The highest BCUT2D eigenvalue weighted by molar-refractivity contribution is 6.00. The third-order valence-corrected chi connectivity index (χ3v) is 4.55. The fourth-order valence-corrected chi connectivity index (χ4v) is 3.09. The number of rotatable bonds is 5. The van der Waals surface area contributed by atoms with Crippen LogP contribution in [-0.4, -0.2) is 18.5 Å². The van der Waals surface area contributed by atoms with Crippen molar-refractivity contribution in [2.24, 2.45) is 5.41 Å². The monoisotopic (exact) mass is 288 g/mol. The molecule has 1 saturated carbocycles. The Kier molecular flexibility index (Phi) is 4.92. The molecule has 1 aliphatic carbocycles. The summed E-state index contributed by atoms with van der Waals surface area (Å²) in [7, 11) is 0. The number of hydrogen-bond acceptors (Lipinski definition) is 2. The topological polar surface area (TPSA) is 41.1 Å². The highest BCUT2D eigenvalue weighted by Gasteiger charge is 2.35. The van der Waals surface area contributed by atoms with Crippen LogP contribution in [0.15, 0.2) is 18.2 Å². The number of nitrogens with one attached hydrogen (secondary N) is 2. The Bertz CT molecular complexity index is 508. The second-order valence-corrected chi connectivity index (χ2v) is 6.88. The number of benzene rings is 1. The lowest BCUT2D eigenvalue weighted by molar-refractivity contribution is 0.0910. The van der Waals surface area contributed by atoms with Crippen molar-refractivity contribution in [1.82, 2.24) is 5.32 Å². The summed E-state index contributed by atoms with van der Waals surface area (Å²) in [6.45, 7) is 9.54. The number of aryl methyl sites for hydroxylation is 1. The Morgan fingerprint density at radius 2 is 2.14 bits per heavy atom. The van der Waals surface area contributed by atoms with E-state index in [0.717, 1.165) is 36.2 Å². The van der Waals surface area contributed by atoms with Gasteiger partial charge in [0.1, 0.15) is 0 Å². The van der Waals surface area contributed by atoms with E-state index >= 15 is 0 Å². The Morgan fingerprint density at radius 1 is 1.38 bits per heavy atom. The first-order valence-corrected chi connectivity index (χ1v) is 8.09. The number of anilines is 1. The first-order valence-electron chi connectivity index (χ1n) is 8.09. The van der Waals surface area contributed by atoms with Gasteiger partial charge >= 0.3 is 0 Å². The van der Waals surface area contributed by atoms with Crippen molar-refractivity contribution in [3.63, 3.8) is 0 Å². The standard InChI is InChI=1S/C18H28N2O/c1-5-11-19-15-9-8-13(2)12-14(15)17(21)20-16-7-6-10-18(16,3)4/h8-9,12,16,19H,5-7,10-11H2,1-4H3,(H,20,21). The molecule has 0 radical (unpaired) electrons. The van der Waals surface area contributed by atoms with Crippen LogP contribution in [0.25, 0.3) is 0 Å². The minimum Gasteiger partial charge on any atom is -0.384 e. The largest absolute Gasteiger partial charge is 0.384 e. The van der Waals surface area contributed by atoms with Crippen molar-refractivity contribution >= 4 is 11.6 Å². The van der Waals surface area contributed by atoms with E-state index in [1.54, 1.807) is 0 Å². The maximum atomic E-state index is 12.7. The molecule has 1 aromatic carbocycles. The number of amides is 1. The molecule has 2 rings (SSSR count). The van der Waals surface area contributed by atoms with E-state index in [1.807, 2.05) is 25.1 Å². The lowest BCUT2D eigenvalue weighted by Gasteiger charge is -2.28. The minimum atomic E-state index is 0.0530. The summed E-state index contributed by atoms with van der Waals surface area (Å²) in [5, 5.41) is 6.61. The van der Waals surface area contributed by atoms with Crippen LogP contribution in [0.1, 0.15) is 62.4 Å². The zero-order chi connectivity index (χ0) is 15.5. The fourth-order valence-electron chi connectivity index (χ4n) is 3.09. The van der Waals surface area contributed by atoms with Gasteiger partial charge in [0.15, 0.2) is 0 Å². The molecule has 0 aliphatic heterocycles. The highest BCUT2D eigenvalue weighted by atomic mass is 16.1. The summed E-state index contributed by atoms with van der Waals surface area (Å²) in [6.07, 6.45) is 4.52. The molecule has 21 heavy (non-hydrogen) atoms. The van der Waals surface area contributed by atoms with Gasteiger partial charge < -0.3 is 10.6 Å². The zero-order valence-electron chi connectivity index (χ0n) is 13.8. The van der Waals surface area contributed by atoms with Gasteiger partial charge in [-0.2, -0.15) is 0 Å².